The predicted molar refractivity (Wildman–Crippen MR) is 106 cm³/mol. The van der Waals surface area contributed by atoms with Crippen molar-refractivity contribution < 1.29 is 14.4 Å². The standard InChI is InChI=1S/C19H26N4O3.ClH/c1-13(2)15(20)16(24)22-11-9-19(10-12-22)17(25)21(3)18(26)23(19)14-7-5-4-6-8-14;/h4-8,13,15H,9-12,20H2,1-3H3;1H/t15-;/m1./s1. The molecule has 0 bridgehead atoms. The second-order valence-electron chi connectivity index (χ2n) is 7.44. The molecule has 2 N–H and O–H groups in total. The van der Waals surface area contributed by atoms with E-state index < -0.39 is 11.6 Å². The van der Waals surface area contributed by atoms with Crippen molar-refractivity contribution in [2.24, 2.45) is 11.7 Å². The third-order valence-corrected chi connectivity index (χ3v) is 5.53. The lowest BCUT2D eigenvalue weighted by molar-refractivity contribution is -0.139. The summed E-state index contributed by atoms with van der Waals surface area (Å²) in [4.78, 5) is 42.7. The van der Waals surface area contributed by atoms with Crippen LogP contribution in [0.4, 0.5) is 10.5 Å². The van der Waals surface area contributed by atoms with E-state index in [1.807, 2.05) is 44.2 Å². The van der Waals surface area contributed by atoms with E-state index in [4.69, 9.17) is 5.73 Å². The molecule has 27 heavy (non-hydrogen) atoms. The van der Waals surface area contributed by atoms with Gasteiger partial charge in [-0.1, -0.05) is 32.0 Å². The first-order valence-electron chi connectivity index (χ1n) is 9.01. The molecule has 0 aliphatic carbocycles. The molecule has 1 atom stereocenters. The zero-order valence-corrected chi connectivity index (χ0v) is 16.7. The minimum Gasteiger partial charge on any atom is -0.341 e. The van der Waals surface area contributed by atoms with E-state index in [1.165, 1.54) is 11.9 Å². The number of benzene rings is 1. The molecule has 0 unspecified atom stereocenters. The van der Waals surface area contributed by atoms with Crippen LogP contribution in [0, 0.1) is 5.92 Å². The van der Waals surface area contributed by atoms with Crippen LogP contribution in [0.1, 0.15) is 26.7 Å². The Hall–Kier alpha value is -2.12. The highest BCUT2D eigenvalue weighted by Crippen LogP contribution is 2.40. The number of likely N-dealkylation sites (tertiary alicyclic amines) is 1. The molecule has 0 saturated carbocycles. The Morgan fingerprint density at radius 2 is 1.67 bits per heavy atom. The summed E-state index contributed by atoms with van der Waals surface area (Å²) < 4.78 is 0. The summed E-state index contributed by atoms with van der Waals surface area (Å²) in [5.74, 6) is -0.238. The fourth-order valence-electron chi connectivity index (χ4n) is 3.79. The molecule has 1 aromatic carbocycles. The van der Waals surface area contributed by atoms with Crippen molar-refractivity contribution in [3.05, 3.63) is 30.3 Å². The van der Waals surface area contributed by atoms with Crippen molar-refractivity contribution in [2.75, 3.05) is 25.0 Å². The second kappa shape index (κ2) is 7.86. The van der Waals surface area contributed by atoms with Gasteiger partial charge in [-0.3, -0.25) is 19.4 Å². The summed E-state index contributed by atoms with van der Waals surface area (Å²) in [6, 6.07) is 8.37. The van der Waals surface area contributed by atoms with Crippen LogP contribution in [0.5, 0.6) is 0 Å². The number of carbonyl (C=O) groups excluding carboxylic acids is 3. The zero-order valence-electron chi connectivity index (χ0n) is 15.9. The summed E-state index contributed by atoms with van der Waals surface area (Å²) in [6.07, 6.45) is 0.820. The number of carbonyl (C=O) groups is 3. The number of amides is 4. The summed E-state index contributed by atoms with van der Waals surface area (Å²) in [6.45, 7) is 4.66. The van der Waals surface area contributed by atoms with Gasteiger partial charge in [-0.05, 0) is 30.9 Å². The number of para-hydroxylation sites is 1. The number of nitrogens with two attached hydrogens (primary N) is 1. The number of halogens is 1. The molecule has 148 valence electrons. The summed E-state index contributed by atoms with van der Waals surface area (Å²) in [7, 11) is 1.52. The number of hydrogen-bond donors (Lipinski definition) is 1. The number of rotatable bonds is 3. The maximum atomic E-state index is 12.9. The molecule has 2 aliphatic heterocycles. The molecule has 0 radical (unpaired) electrons. The molecule has 8 heteroatoms. The average molecular weight is 395 g/mol. The smallest absolute Gasteiger partial charge is 0.331 e. The number of imide groups is 1. The van der Waals surface area contributed by atoms with Crippen LogP contribution in [0.15, 0.2) is 30.3 Å². The molecule has 2 aliphatic rings. The zero-order chi connectivity index (χ0) is 19.1. The fourth-order valence-corrected chi connectivity index (χ4v) is 3.79. The Bertz CT molecular complexity index is 717. The number of urea groups is 1. The first-order valence-corrected chi connectivity index (χ1v) is 9.01. The second-order valence-corrected chi connectivity index (χ2v) is 7.44. The monoisotopic (exact) mass is 394 g/mol. The Morgan fingerprint density at radius 1 is 1.11 bits per heavy atom. The van der Waals surface area contributed by atoms with Crippen LogP contribution in [0.2, 0.25) is 0 Å². The Morgan fingerprint density at radius 3 is 2.19 bits per heavy atom. The molecule has 4 amide bonds. The molecule has 0 aromatic heterocycles. The van der Waals surface area contributed by atoms with Gasteiger partial charge in [-0.2, -0.15) is 0 Å². The van der Waals surface area contributed by atoms with Crippen LogP contribution in [-0.2, 0) is 9.59 Å². The van der Waals surface area contributed by atoms with Crippen LogP contribution >= 0.6 is 12.4 Å². The number of likely N-dealkylation sites (N-methyl/N-ethyl adjacent to an activating group) is 1. The van der Waals surface area contributed by atoms with E-state index in [0.717, 1.165) is 0 Å². The van der Waals surface area contributed by atoms with E-state index in [9.17, 15) is 14.4 Å². The summed E-state index contributed by atoms with van der Waals surface area (Å²) >= 11 is 0. The van der Waals surface area contributed by atoms with Crippen LogP contribution in [0.3, 0.4) is 0 Å². The van der Waals surface area contributed by atoms with Crippen molar-refractivity contribution in [3.63, 3.8) is 0 Å². The van der Waals surface area contributed by atoms with E-state index in [2.05, 4.69) is 0 Å². The first kappa shape index (κ1) is 21.2. The van der Waals surface area contributed by atoms with Gasteiger partial charge in [0.15, 0.2) is 0 Å². The molecule has 7 nitrogen and oxygen atoms in total. The molecule has 3 rings (SSSR count). The van der Waals surface area contributed by atoms with Crippen molar-refractivity contribution in [1.82, 2.24) is 9.80 Å². The lowest BCUT2D eigenvalue weighted by atomic mass is 9.85. The van der Waals surface area contributed by atoms with Gasteiger partial charge in [0.1, 0.15) is 5.54 Å². The molecule has 2 heterocycles. The van der Waals surface area contributed by atoms with Crippen molar-refractivity contribution in [2.45, 2.75) is 38.3 Å². The van der Waals surface area contributed by atoms with Crippen LogP contribution in [0.25, 0.3) is 0 Å². The maximum absolute atomic E-state index is 12.9. The number of hydrogen-bond acceptors (Lipinski definition) is 4. The maximum Gasteiger partial charge on any atom is 0.331 e. The van der Waals surface area contributed by atoms with Gasteiger partial charge in [0, 0.05) is 25.8 Å². The largest absolute Gasteiger partial charge is 0.341 e. The molecular weight excluding hydrogens is 368 g/mol. The summed E-state index contributed by atoms with van der Waals surface area (Å²) in [5, 5.41) is 0. The minimum absolute atomic E-state index is 0. The molecule has 2 fully saturated rings. The van der Waals surface area contributed by atoms with Gasteiger partial charge in [0.05, 0.1) is 6.04 Å². The van der Waals surface area contributed by atoms with Gasteiger partial charge >= 0.3 is 6.03 Å². The lowest BCUT2D eigenvalue weighted by Crippen LogP contribution is -2.59. The van der Waals surface area contributed by atoms with Crippen molar-refractivity contribution >= 4 is 35.9 Å². The normalized spacial score (nSPS) is 20.3. The minimum atomic E-state index is -0.925. The van der Waals surface area contributed by atoms with Gasteiger partial charge in [0.25, 0.3) is 5.91 Å². The quantitative estimate of drug-likeness (QED) is 0.792. The van der Waals surface area contributed by atoms with Crippen molar-refractivity contribution in [1.29, 1.82) is 0 Å². The van der Waals surface area contributed by atoms with Gasteiger partial charge in [0.2, 0.25) is 5.91 Å². The van der Waals surface area contributed by atoms with Crippen LogP contribution < -0.4 is 10.6 Å². The number of nitrogens with zero attached hydrogens (tertiary/aromatic N) is 3. The number of piperidine rings is 1. The predicted octanol–water partition coefficient (Wildman–Crippen LogP) is 1.85. The SMILES string of the molecule is CC(C)[C@@H](N)C(=O)N1CCC2(CC1)C(=O)N(C)C(=O)N2c1ccccc1.Cl. The van der Waals surface area contributed by atoms with Gasteiger partial charge < -0.3 is 10.6 Å². The molecular formula is C19H27ClN4O3. The highest BCUT2D eigenvalue weighted by atomic mass is 35.5. The van der Waals surface area contributed by atoms with Gasteiger partial charge in [-0.15, -0.1) is 12.4 Å². The third-order valence-electron chi connectivity index (χ3n) is 5.53. The highest BCUT2D eigenvalue weighted by Gasteiger charge is 2.57. The Balaban J connectivity index is 0.00000261. The molecule has 1 spiro atoms. The Kier molecular flexibility index (Phi) is 6.17. The number of anilines is 1. The Labute approximate surface area is 165 Å². The molecule has 1 aromatic rings. The third kappa shape index (κ3) is 3.41. The average Bonchev–Trinajstić information content (AvgIpc) is 2.83. The van der Waals surface area contributed by atoms with E-state index in [-0.39, 0.29) is 36.2 Å². The van der Waals surface area contributed by atoms with Crippen molar-refractivity contribution in [3.8, 4) is 0 Å². The van der Waals surface area contributed by atoms with Gasteiger partial charge in [-0.25, -0.2) is 4.79 Å². The van der Waals surface area contributed by atoms with Crippen LogP contribution in [-0.4, -0.2) is 59.4 Å². The highest BCUT2D eigenvalue weighted by molar-refractivity contribution is 6.16. The fraction of sp³-hybridized carbons (Fsp3) is 0.526. The first-order chi connectivity index (χ1) is 12.3. The van der Waals surface area contributed by atoms with E-state index >= 15 is 0 Å². The van der Waals surface area contributed by atoms with E-state index in [0.29, 0.717) is 31.6 Å². The summed E-state index contributed by atoms with van der Waals surface area (Å²) in [5.41, 5.74) is 5.77. The lowest BCUT2D eigenvalue weighted by Gasteiger charge is -2.42. The topological polar surface area (TPSA) is 87.0 Å². The molecule has 2 saturated heterocycles. The van der Waals surface area contributed by atoms with E-state index in [1.54, 1.807) is 9.80 Å².